The molecule has 3 aliphatic carbocycles. The van der Waals surface area contributed by atoms with E-state index in [1.165, 1.54) is 59.1 Å². The van der Waals surface area contributed by atoms with Gasteiger partial charge in [-0.05, 0) is 108 Å². The number of ketones is 4. The maximum absolute atomic E-state index is 14.0. The van der Waals surface area contributed by atoms with Crippen molar-refractivity contribution in [3.05, 3.63) is 121 Å². The number of nitrogens with zero attached hydrogens (tertiary/aromatic N) is 2. The number of hydrogen-bond acceptors (Lipinski definition) is 9. The van der Waals surface area contributed by atoms with Gasteiger partial charge in [0.15, 0.2) is 52.0 Å². The second-order valence-corrected chi connectivity index (χ2v) is 15.6. The van der Waals surface area contributed by atoms with Crippen LogP contribution in [-0.4, -0.2) is 33.1 Å². The average Bonchev–Trinajstić information content (AvgIpc) is 3.86. The predicted octanol–water partition coefficient (Wildman–Crippen LogP) is 9.61. The predicted molar refractivity (Wildman–Crippen MR) is 190 cm³/mol. The lowest BCUT2D eigenvalue weighted by Gasteiger charge is -2.38. The SMILES string of the molecule is O=C1C(=Cc2nc3c(s2)-c2sc(C=C4C(=O)c5cc6cc(F)c(F)cc6cc5C4=O)nc2C2(CCCCC2)O3)C(=O)c2cc3cc(F)c(F)cc3cc21. The average molecular weight is 749 g/mol. The highest BCUT2D eigenvalue weighted by molar-refractivity contribution is 7.23. The summed E-state index contributed by atoms with van der Waals surface area (Å²) in [6, 6.07) is 9.51. The van der Waals surface area contributed by atoms with Crippen molar-refractivity contribution in [2.24, 2.45) is 0 Å². The molecule has 10 rings (SSSR count). The topological polar surface area (TPSA) is 103 Å². The number of ether oxygens (including phenoxy) is 1. The number of aromatic nitrogens is 2. The molecular weight excluding hydrogens is 729 g/mol. The molecule has 0 radical (unpaired) electrons. The Bertz CT molecular complexity index is 2700. The number of thiazole rings is 2. The summed E-state index contributed by atoms with van der Waals surface area (Å²) in [5, 5.41) is 1.86. The van der Waals surface area contributed by atoms with Gasteiger partial charge in [-0.3, -0.25) is 19.2 Å². The van der Waals surface area contributed by atoms with Gasteiger partial charge in [0.2, 0.25) is 5.88 Å². The zero-order chi connectivity index (χ0) is 36.5. The van der Waals surface area contributed by atoms with Gasteiger partial charge in [0.1, 0.15) is 20.6 Å². The Morgan fingerprint density at radius 3 is 1.38 bits per heavy atom. The van der Waals surface area contributed by atoms with Crippen molar-refractivity contribution in [2.75, 3.05) is 0 Å². The zero-order valence-corrected chi connectivity index (χ0v) is 28.7. The number of rotatable bonds is 2. The maximum Gasteiger partial charge on any atom is 0.235 e. The number of fused-ring (bicyclic) bond motifs is 8. The third kappa shape index (κ3) is 4.69. The molecule has 53 heavy (non-hydrogen) atoms. The number of allylic oxidation sites excluding steroid dienone is 2. The fourth-order valence-corrected chi connectivity index (χ4v) is 9.95. The van der Waals surface area contributed by atoms with Gasteiger partial charge in [-0.15, -0.1) is 22.7 Å². The van der Waals surface area contributed by atoms with Crippen LogP contribution in [0.3, 0.4) is 0 Å². The van der Waals surface area contributed by atoms with E-state index in [1.807, 2.05) is 0 Å². The Kier molecular flexibility index (Phi) is 6.75. The summed E-state index contributed by atoms with van der Waals surface area (Å²) >= 11 is 2.45. The minimum Gasteiger partial charge on any atom is -0.463 e. The first kappa shape index (κ1) is 32.0. The minimum atomic E-state index is -1.06. The van der Waals surface area contributed by atoms with E-state index in [2.05, 4.69) is 0 Å². The number of benzene rings is 4. The second kappa shape index (κ2) is 11.2. The van der Waals surface area contributed by atoms with Gasteiger partial charge >= 0.3 is 0 Å². The second-order valence-electron chi connectivity index (χ2n) is 13.5. The molecule has 0 unspecified atom stereocenters. The Morgan fingerprint density at radius 2 is 0.943 bits per heavy atom. The molecule has 0 bridgehead atoms. The monoisotopic (exact) mass is 748 g/mol. The van der Waals surface area contributed by atoms with Gasteiger partial charge in [-0.1, -0.05) is 6.42 Å². The van der Waals surface area contributed by atoms with Gasteiger partial charge in [0, 0.05) is 22.3 Å². The lowest BCUT2D eigenvalue weighted by molar-refractivity contribution is 0.0168. The molecular formula is C40H20F4N2O5S2. The normalized spacial score (nSPS) is 17.1. The number of hydrogen-bond donors (Lipinski definition) is 0. The molecule has 0 N–H and O–H groups in total. The summed E-state index contributed by atoms with van der Waals surface area (Å²) in [6.07, 6.45) is 6.88. The van der Waals surface area contributed by atoms with Gasteiger partial charge < -0.3 is 4.74 Å². The molecule has 6 aromatic rings. The Balaban J connectivity index is 1.04. The van der Waals surface area contributed by atoms with Gasteiger partial charge in [0.25, 0.3) is 0 Å². The van der Waals surface area contributed by atoms with E-state index >= 15 is 0 Å². The van der Waals surface area contributed by atoms with Crippen molar-refractivity contribution < 1.29 is 41.5 Å². The quantitative estimate of drug-likeness (QED) is 0.0987. The van der Waals surface area contributed by atoms with Crippen molar-refractivity contribution in [1.82, 2.24) is 9.97 Å². The molecule has 1 fully saturated rings. The molecule has 0 amide bonds. The van der Waals surface area contributed by atoms with Gasteiger partial charge in [-0.2, -0.15) is 0 Å². The van der Waals surface area contributed by atoms with E-state index in [0.717, 1.165) is 48.4 Å². The summed E-state index contributed by atoms with van der Waals surface area (Å²) in [5.41, 5.74) is -0.0407. The van der Waals surface area contributed by atoms with Gasteiger partial charge in [-0.25, -0.2) is 27.5 Å². The molecule has 0 atom stereocenters. The van der Waals surface area contributed by atoms with E-state index in [-0.39, 0.29) is 44.2 Å². The minimum absolute atomic E-state index is 0.0893. The highest BCUT2D eigenvalue weighted by Crippen LogP contribution is 2.55. The highest BCUT2D eigenvalue weighted by atomic mass is 32.1. The molecule has 13 heteroatoms. The molecule has 4 aromatic carbocycles. The van der Waals surface area contributed by atoms with Crippen molar-refractivity contribution in [3.63, 3.8) is 0 Å². The Hall–Kier alpha value is -5.66. The van der Waals surface area contributed by atoms with Crippen LogP contribution in [0.2, 0.25) is 0 Å². The fourth-order valence-electron chi connectivity index (χ4n) is 7.79. The fraction of sp³-hybridized carbons (Fsp3) is 0.150. The third-order valence-electron chi connectivity index (χ3n) is 10.4. The molecule has 1 spiro atoms. The van der Waals surface area contributed by atoms with Crippen molar-refractivity contribution >= 4 is 79.5 Å². The van der Waals surface area contributed by atoms with Crippen molar-refractivity contribution in [3.8, 4) is 15.6 Å². The van der Waals surface area contributed by atoms with Crippen LogP contribution in [0.5, 0.6) is 5.88 Å². The molecule has 7 nitrogen and oxygen atoms in total. The summed E-state index contributed by atoms with van der Waals surface area (Å²) < 4.78 is 62.4. The number of halogens is 4. The summed E-state index contributed by atoms with van der Waals surface area (Å²) in [4.78, 5) is 65.0. The lowest BCUT2D eigenvalue weighted by atomic mass is 9.80. The third-order valence-corrected chi connectivity index (χ3v) is 12.5. The molecule has 4 aliphatic rings. The van der Waals surface area contributed by atoms with Crippen molar-refractivity contribution in [2.45, 2.75) is 37.7 Å². The van der Waals surface area contributed by atoms with Crippen LogP contribution in [0.1, 0.15) is 89.2 Å². The standard InChI is InChI=1S/C40H20F4N2O5S2/c41-26-10-16-6-20-21(7-17(16)11-27(26)42)33(48)24(32(20)47)14-30-45-38-36(52-30)37-39(51-40(38)4-2-1-3-5-40)46-31(53-37)15-25-34(49)22-8-18-12-28(43)29(44)13-19(18)9-23(22)35(25)50/h6-15H,1-5H2. The first-order valence-electron chi connectivity index (χ1n) is 16.7. The molecule has 0 saturated heterocycles. The highest BCUT2D eigenvalue weighted by Gasteiger charge is 2.47. The van der Waals surface area contributed by atoms with Gasteiger partial charge in [0.05, 0.1) is 16.0 Å². The van der Waals surface area contributed by atoms with Crippen LogP contribution in [0.15, 0.2) is 59.7 Å². The summed E-state index contributed by atoms with van der Waals surface area (Å²) in [7, 11) is 0. The molecule has 1 aliphatic heterocycles. The van der Waals surface area contributed by atoms with E-state index in [1.54, 1.807) is 0 Å². The Labute approximate surface area is 304 Å². The first-order valence-corrected chi connectivity index (χ1v) is 18.3. The number of carbonyl (C=O) groups is 4. The lowest BCUT2D eigenvalue weighted by Crippen LogP contribution is -2.38. The maximum atomic E-state index is 14.0. The van der Waals surface area contributed by atoms with E-state index < -0.39 is 52.0 Å². The van der Waals surface area contributed by atoms with Crippen molar-refractivity contribution in [1.29, 1.82) is 0 Å². The van der Waals surface area contributed by atoms with Crippen LogP contribution >= 0.6 is 22.7 Å². The van der Waals surface area contributed by atoms with Crippen LogP contribution in [0, 0.1) is 23.3 Å². The smallest absolute Gasteiger partial charge is 0.235 e. The van der Waals surface area contributed by atoms with Crippen LogP contribution in [-0.2, 0) is 5.60 Å². The number of carbonyl (C=O) groups excluding carboxylic acids is 4. The van der Waals surface area contributed by atoms with Crippen LogP contribution in [0.25, 0.3) is 43.5 Å². The summed E-state index contributed by atoms with van der Waals surface area (Å²) in [6.45, 7) is 0. The molecule has 1 saturated carbocycles. The molecule has 3 heterocycles. The van der Waals surface area contributed by atoms with Crippen LogP contribution in [0.4, 0.5) is 17.6 Å². The molecule has 260 valence electrons. The van der Waals surface area contributed by atoms with E-state index in [0.29, 0.717) is 50.1 Å². The summed E-state index contributed by atoms with van der Waals surface area (Å²) in [5.74, 6) is -6.14. The van der Waals surface area contributed by atoms with Crippen LogP contribution < -0.4 is 4.74 Å². The molecule has 2 aromatic heterocycles. The zero-order valence-electron chi connectivity index (χ0n) is 27.1. The first-order chi connectivity index (χ1) is 25.5. The number of Topliss-reactive ketones (excluding diaryl/α,β-unsaturated/α-hetero) is 4. The van der Waals surface area contributed by atoms with E-state index in [9.17, 15) is 36.7 Å². The van der Waals surface area contributed by atoms with E-state index in [4.69, 9.17) is 14.7 Å². The largest absolute Gasteiger partial charge is 0.463 e. The Morgan fingerprint density at radius 1 is 0.547 bits per heavy atom.